The van der Waals surface area contributed by atoms with Crippen molar-refractivity contribution in [3.8, 4) is 0 Å². The highest BCUT2D eigenvalue weighted by Crippen LogP contribution is 2.21. The molecule has 0 radical (unpaired) electrons. The Balaban J connectivity index is 1.92. The normalized spacial score (nSPS) is 17.0. The van der Waals surface area contributed by atoms with E-state index in [2.05, 4.69) is 4.90 Å². The van der Waals surface area contributed by atoms with Crippen LogP contribution in [0.5, 0.6) is 0 Å². The Hall–Kier alpha value is -0.570. The Morgan fingerprint density at radius 1 is 1.31 bits per heavy atom. The second kappa shape index (κ2) is 5.17. The maximum absolute atomic E-state index is 11.1. The predicted octanol–water partition coefficient (Wildman–Crippen LogP) is 2.81. The van der Waals surface area contributed by atoms with Gasteiger partial charge in [-0.2, -0.15) is 0 Å². The van der Waals surface area contributed by atoms with Gasteiger partial charge in [0, 0.05) is 29.6 Å². The molecule has 0 amide bonds. The number of nitrogens with zero attached hydrogens (tertiary/aromatic N) is 1. The zero-order valence-electron chi connectivity index (χ0n) is 8.88. The van der Waals surface area contributed by atoms with E-state index in [0.29, 0.717) is 28.8 Å². The van der Waals surface area contributed by atoms with Gasteiger partial charge in [0.1, 0.15) is 5.78 Å². The van der Waals surface area contributed by atoms with Crippen molar-refractivity contribution in [2.75, 3.05) is 19.6 Å². The van der Waals surface area contributed by atoms with E-state index in [1.165, 1.54) is 0 Å². The summed E-state index contributed by atoms with van der Waals surface area (Å²) in [6, 6.07) is 5.55. The van der Waals surface area contributed by atoms with Gasteiger partial charge < -0.3 is 0 Å². The van der Waals surface area contributed by atoms with Gasteiger partial charge in [-0.3, -0.25) is 9.69 Å². The van der Waals surface area contributed by atoms with Crippen LogP contribution in [0.25, 0.3) is 0 Å². The van der Waals surface area contributed by atoms with Crippen molar-refractivity contribution in [2.45, 2.75) is 12.8 Å². The Labute approximate surface area is 105 Å². The van der Waals surface area contributed by atoms with Gasteiger partial charge in [0.25, 0.3) is 0 Å². The van der Waals surface area contributed by atoms with Crippen molar-refractivity contribution in [1.82, 2.24) is 4.90 Å². The number of likely N-dealkylation sites (tertiary alicyclic amines) is 1. The fourth-order valence-corrected chi connectivity index (χ4v) is 2.39. The monoisotopic (exact) mass is 257 g/mol. The van der Waals surface area contributed by atoms with Gasteiger partial charge in [-0.05, 0) is 24.1 Å². The van der Waals surface area contributed by atoms with Crippen LogP contribution in [0.3, 0.4) is 0 Å². The Kier molecular flexibility index (Phi) is 3.85. The van der Waals surface area contributed by atoms with Crippen LogP contribution in [0.4, 0.5) is 0 Å². The first-order chi connectivity index (χ1) is 7.65. The van der Waals surface area contributed by atoms with E-state index in [-0.39, 0.29) is 0 Å². The molecule has 1 aliphatic heterocycles. The van der Waals surface area contributed by atoms with Gasteiger partial charge in [-0.25, -0.2) is 0 Å². The molecule has 1 fully saturated rings. The van der Waals surface area contributed by atoms with Crippen LogP contribution >= 0.6 is 23.2 Å². The lowest BCUT2D eigenvalue weighted by molar-refractivity contribution is -0.116. The predicted molar refractivity (Wildman–Crippen MR) is 66.2 cm³/mol. The summed E-state index contributed by atoms with van der Waals surface area (Å²) >= 11 is 11.9. The van der Waals surface area contributed by atoms with E-state index < -0.39 is 0 Å². The summed E-state index contributed by atoms with van der Waals surface area (Å²) in [7, 11) is 0. The van der Waals surface area contributed by atoms with Gasteiger partial charge in [-0.15, -0.1) is 0 Å². The molecule has 4 heteroatoms. The largest absolute Gasteiger partial charge is 0.298 e. The molecule has 1 aromatic rings. The third-order valence-electron chi connectivity index (χ3n) is 2.82. The molecule has 1 heterocycles. The van der Waals surface area contributed by atoms with Gasteiger partial charge >= 0.3 is 0 Å². The summed E-state index contributed by atoms with van der Waals surface area (Å²) in [6.07, 6.45) is 1.55. The van der Waals surface area contributed by atoms with Crippen molar-refractivity contribution in [2.24, 2.45) is 0 Å². The lowest BCUT2D eigenvalue weighted by Crippen LogP contribution is -2.23. The van der Waals surface area contributed by atoms with Crippen molar-refractivity contribution in [1.29, 1.82) is 0 Å². The van der Waals surface area contributed by atoms with Crippen LogP contribution < -0.4 is 0 Å². The van der Waals surface area contributed by atoms with Crippen molar-refractivity contribution >= 4 is 29.0 Å². The zero-order chi connectivity index (χ0) is 11.5. The highest BCUT2D eigenvalue weighted by Gasteiger charge is 2.18. The molecule has 0 unspecified atom stereocenters. The molecule has 0 bridgehead atoms. The number of ketones is 1. The molecular weight excluding hydrogens is 245 g/mol. The fraction of sp³-hybridized carbons (Fsp3) is 0.417. The van der Waals surface area contributed by atoms with Crippen LogP contribution in [0.1, 0.15) is 12.0 Å². The molecule has 16 heavy (non-hydrogen) atoms. The Bertz CT molecular complexity index is 406. The molecule has 1 aliphatic rings. The Morgan fingerprint density at radius 3 is 2.75 bits per heavy atom. The number of benzene rings is 1. The summed E-state index contributed by atoms with van der Waals surface area (Å²) in [6.45, 7) is 2.35. The summed E-state index contributed by atoms with van der Waals surface area (Å²) in [5, 5.41) is 1.36. The summed E-state index contributed by atoms with van der Waals surface area (Å²) in [5.74, 6) is 0.335. The first kappa shape index (κ1) is 11.9. The summed E-state index contributed by atoms with van der Waals surface area (Å²) < 4.78 is 0. The van der Waals surface area contributed by atoms with E-state index in [1.54, 1.807) is 6.07 Å². The summed E-state index contributed by atoms with van der Waals surface area (Å²) in [5.41, 5.74) is 1.09. The van der Waals surface area contributed by atoms with E-state index in [4.69, 9.17) is 23.2 Å². The lowest BCUT2D eigenvalue weighted by atomic mass is 10.1. The minimum atomic E-state index is 0.335. The van der Waals surface area contributed by atoms with Gasteiger partial charge in [0.2, 0.25) is 0 Å². The van der Waals surface area contributed by atoms with Crippen LogP contribution in [-0.2, 0) is 11.2 Å². The first-order valence-electron chi connectivity index (χ1n) is 5.33. The van der Waals surface area contributed by atoms with E-state index >= 15 is 0 Å². The molecule has 2 rings (SSSR count). The second-order valence-corrected chi connectivity index (χ2v) is 4.89. The molecule has 1 aromatic carbocycles. The van der Waals surface area contributed by atoms with Crippen LogP contribution in [-0.4, -0.2) is 30.3 Å². The number of carbonyl (C=O) groups is 1. The highest BCUT2D eigenvalue weighted by molar-refractivity contribution is 6.35. The maximum atomic E-state index is 11.1. The van der Waals surface area contributed by atoms with E-state index in [9.17, 15) is 4.79 Å². The standard InChI is InChI=1S/C12H13Cl2NO/c13-10-2-1-9(12(14)7-10)3-5-15-6-4-11(16)8-15/h1-2,7H,3-6,8H2. The molecule has 0 spiro atoms. The van der Waals surface area contributed by atoms with Crippen molar-refractivity contribution in [3.05, 3.63) is 33.8 Å². The topological polar surface area (TPSA) is 20.3 Å². The van der Waals surface area contributed by atoms with Crippen LogP contribution in [0.2, 0.25) is 10.0 Å². The molecule has 86 valence electrons. The van der Waals surface area contributed by atoms with E-state index in [0.717, 1.165) is 25.1 Å². The molecular formula is C12H13Cl2NO. The molecule has 0 saturated carbocycles. The third kappa shape index (κ3) is 2.97. The average Bonchev–Trinajstić information content (AvgIpc) is 2.63. The van der Waals surface area contributed by atoms with Crippen molar-refractivity contribution < 1.29 is 4.79 Å². The quantitative estimate of drug-likeness (QED) is 0.830. The fourth-order valence-electron chi connectivity index (χ4n) is 1.88. The molecule has 0 aromatic heterocycles. The van der Waals surface area contributed by atoms with Crippen LogP contribution in [0.15, 0.2) is 18.2 Å². The third-order valence-corrected chi connectivity index (χ3v) is 3.41. The number of halogens is 2. The van der Waals surface area contributed by atoms with Gasteiger partial charge in [-0.1, -0.05) is 29.3 Å². The number of rotatable bonds is 3. The molecule has 0 atom stereocenters. The maximum Gasteiger partial charge on any atom is 0.148 e. The molecule has 0 aliphatic carbocycles. The van der Waals surface area contributed by atoms with Gasteiger partial charge in [0.15, 0.2) is 0 Å². The average molecular weight is 258 g/mol. The number of carbonyl (C=O) groups excluding carboxylic acids is 1. The van der Waals surface area contributed by atoms with Gasteiger partial charge in [0.05, 0.1) is 6.54 Å². The lowest BCUT2D eigenvalue weighted by Gasteiger charge is -2.13. The van der Waals surface area contributed by atoms with E-state index in [1.807, 2.05) is 12.1 Å². The smallest absolute Gasteiger partial charge is 0.148 e. The highest BCUT2D eigenvalue weighted by atomic mass is 35.5. The Morgan fingerprint density at radius 2 is 2.12 bits per heavy atom. The number of hydrogen-bond acceptors (Lipinski definition) is 2. The molecule has 2 nitrogen and oxygen atoms in total. The zero-order valence-corrected chi connectivity index (χ0v) is 10.4. The molecule has 1 saturated heterocycles. The SMILES string of the molecule is O=C1CCN(CCc2ccc(Cl)cc2Cl)C1. The minimum Gasteiger partial charge on any atom is -0.298 e. The second-order valence-electron chi connectivity index (χ2n) is 4.05. The summed E-state index contributed by atoms with van der Waals surface area (Å²) in [4.78, 5) is 13.3. The minimum absolute atomic E-state index is 0.335. The molecule has 0 N–H and O–H groups in total. The van der Waals surface area contributed by atoms with Crippen molar-refractivity contribution in [3.63, 3.8) is 0 Å². The number of hydrogen-bond donors (Lipinski definition) is 0. The first-order valence-corrected chi connectivity index (χ1v) is 6.09. The number of Topliss-reactive ketones (excluding diaryl/α,β-unsaturated/α-hetero) is 1. The van der Waals surface area contributed by atoms with Crippen LogP contribution in [0, 0.1) is 0 Å².